The number of aromatic nitrogens is 1. The molecule has 0 aliphatic carbocycles. The summed E-state index contributed by atoms with van der Waals surface area (Å²) in [6.07, 6.45) is 2.78. The maximum Gasteiger partial charge on any atom is 0.196 e. The largest absolute Gasteiger partial charge is 0.498 e. The van der Waals surface area contributed by atoms with Crippen LogP contribution >= 0.6 is 0 Å². The zero-order valence-corrected chi connectivity index (χ0v) is 10.6. The van der Waals surface area contributed by atoms with Gasteiger partial charge in [-0.15, -0.1) is 0 Å². The van der Waals surface area contributed by atoms with E-state index in [1.165, 1.54) is 12.5 Å². The van der Waals surface area contributed by atoms with E-state index in [1.807, 2.05) is 23.7 Å². The fourth-order valence-electron chi connectivity index (χ4n) is 1.32. The van der Waals surface area contributed by atoms with Gasteiger partial charge in [0.2, 0.25) is 0 Å². The molecule has 1 aromatic heterocycles. The second-order valence-electron chi connectivity index (χ2n) is 3.34. The van der Waals surface area contributed by atoms with Crippen LogP contribution in [-0.2, 0) is 16.5 Å². The molecule has 0 bridgehead atoms. The molecular formula is C13H19NO4. The van der Waals surface area contributed by atoms with Crippen LogP contribution in [-0.4, -0.2) is 31.0 Å². The fourth-order valence-corrected chi connectivity index (χ4v) is 1.32. The second-order valence-corrected chi connectivity index (χ2v) is 3.34. The number of ether oxygens (including phenoxy) is 4. The van der Waals surface area contributed by atoms with Gasteiger partial charge in [0, 0.05) is 19.2 Å². The van der Waals surface area contributed by atoms with Gasteiger partial charge in [0.1, 0.15) is 26.4 Å². The smallest absolute Gasteiger partial charge is 0.196 e. The van der Waals surface area contributed by atoms with E-state index in [4.69, 9.17) is 18.9 Å². The minimum absolute atomic E-state index is 0.461. The summed E-state index contributed by atoms with van der Waals surface area (Å²) in [5.41, 5.74) is 0. The maximum atomic E-state index is 5.51. The Morgan fingerprint density at radius 2 is 1.39 bits per heavy atom. The summed E-state index contributed by atoms with van der Waals surface area (Å²) < 4.78 is 22.8. The van der Waals surface area contributed by atoms with Crippen molar-refractivity contribution in [3.05, 3.63) is 37.8 Å². The van der Waals surface area contributed by atoms with Crippen LogP contribution in [0.5, 0.6) is 11.8 Å². The first-order valence-electron chi connectivity index (χ1n) is 5.66. The van der Waals surface area contributed by atoms with Crippen LogP contribution < -0.4 is 9.47 Å². The van der Waals surface area contributed by atoms with Gasteiger partial charge in [0.25, 0.3) is 0 Å². The van der Waals surface area contributed by atoms with Crippen molar-refractivity contribution in [2.75, 3.05) is 26.4 Å². The Kier molecular flexibility index (Phi) is 6.32. The van der Waals surface area contributed by atoms with Crippen LogP contribution in [0.1, 0.15) is 0 Å². The Bertz CT molecular complexity index is 340. The van der Waals surface area contributed by atoms with Crippen molar-refractivity contribution in [1.29, 1.82) is 0 Å². The van der Waals surface area contributed by atoms with E-state index in [0.29, 0.717) is 26.4 Å². The van der Waals surface area contributed by atoms with Crippen molar-refractivity contribution >= 4 is 0 Å². The van der Waals surface area contributed by atoms with Crippen LogP contribution in [0.2, 0.25) is 0 Å². The normalized spacial score (nSPS) is 9.61. The van der Waals surface area contributed by atoms with Crippen LogP contribution in [0.3, 0.4) is 0 Å². The Morgan fingerprint density at radius 1 is 0.944 bits per heavy atom. The lowest BCUT2D eigenvalue weighted by atomic mass is 10.6. The topological polar surface area (TPSA) is 41.9 Å². The third-order valence-corrected chi connectivity index (χ3v) is 2.17. The first kappa shape index (κ1) is 14.0. The van der Waals surface area contributed by atoms with E-state index in [2.05, 4.69) is 13.2 Å². The summed E-state index contributed by atoms with van der Waals surface area (Å²) in [7, 11) is 1.87. The molecule has 1 aromatic rings. The van der Waals surface area contributed by atoms with Gasteiger partial charge in [-0.25, -0.2) is 0 Å². The molecule has 0 saturated heterocycles. The lowest BCUT2D eigenvalue weighted by Gasteiger charge is -2.10. The molecular weight excluding hydrogens is 234 g/mol. The van der Waals surface area contributed by atoms with Gasteiger partial charge in [0.15, 0.2) is 11.8 Å². The molecule has 0 atom stereocenters. The quantitative estimate of drug-likeness (QED) is 0.473. The first-order chi connectivity index (χ1) is 8.79. The average Bonchev–Trinajstić information content (AvgIpc) is 2.72. The molecule has 0 unspecified atom stereocenters. The highest BCUT2D eigenvalue weighted by molar-refractivity contribution is 5.25. The van der Waals surface area contributed by atoms with Gasteiger partial charge in [0.05, 0.1) is 12.5 Å². The SMILES string of the molecule is C=COCCOc1ccc(OCCOC=C)n1C. The van der Waals surface area contributed by atoms with Crippen molar-refractivity contribution in [2.45, 2.75) is 0 Å². The van der Waals surface area contributed by atoms with Crippen molar-refractivity contribution in [3.63, 3.8) is 0 Å². The molecule has 0 aliphatic rings. The zero-order valence-electron chi connectivity index (χ0n) is 10.6. The van der Waals surface area contributed by atoms with E-state index in [0.717, 1.165) is 11.8 Å². The molecule has 100 valence electrons. The monoisotopic (exact) mass is 253 g/mol. The Morgan fingerprint density at radius 3 is 1.78 bits per heavy atom. The summed E-state index contributed by atoms with van der Waals surface area (Å²) in [4.78, 5) is 0. The minimum Gasteiger partial charge on any atom is -0.498 e. The van der Waals surface area contributed by atoms with Gasteiger partial charge in [-0.3, -0.25) is 4.57 Å². The van der Waals surface area contributed by atoms with Crippen LogP contribution in [0.25, 0.3) is 0 Å². The van der Waals surface area contributed by atoms with Gasteiger partial charge in [-0.1, -0.05) is 13.2 Å². The lowest BCUT2D eigenvalue weighted by molar-refractivity contribution is 0.163. The van der Waals surface area contributed by atoms with Gasteiger partial charge in [-0.2, -0.15) is 0 Å². The molecule has 0 radical (unpaired) electrons. The zero-order chi connectivity index (χ0) is 13.2. The molecule has 0 aromatic carbocycles. The molecule has 0 amide bonds. The molecule has 0 saturated carbocycles. The van der Waals surface area contributed by atoms with Gasteiger partial charge < -0.3 is 18.9 Å². The Balaban J connectivity index is 2.35. The van der Waals surface area contributed by atoms with E-state index >= 15 is 0 Å². The van der Waals surface area contributed by atoms with Crippen molar-refractivity contribution in [3.8, 4) is 11.8 Å². The third kappa shape index (κ3) is 4.45. The standard InChI is InChI=1S/C13H19NO4/c1-4-15-8-10-17-12-6-7-13(14(12)3)18-11-9-16-5-2/h4-7H,1-2,8-11H2,3H3. The number of hydrogen-bond donors (Lipinski definition) is 0. The highest BCUT2D eigenvalue weighted by Crippen LogP contribution is 2.21. The van der Waals surface area contributed by atoms with Crippen molar-refractivity contribution in [1.82, 2.24) is 4.57 Å². The maximum absolute atomic E-state index is 5.51. The minimum atomic E-state index is 0.461. The first-order valence-corrected chi connectivity index (χ1v) is 5.66. The highest BCUT2D eigenvalue weighted by Gasteiger charge is 2.06. The predicted molar refractivity (Wildman–Crippen MR) is 68.7 cm³/mol. The molecule has 1 rings (SSSR count). The van der Waals surface area contributed by atoms with Crippen LogP contribution in [0.4, 0.5) is 0 Å². The lowest BCUT2D eigenvalue weighted by Crippen LogP contribution is -2.09. The molecule has 5 nitrogen and oxygen atoms in total. The van der Waals surface area contributed by atoms with Crippen LogP contribution in [0.15, 0.2) is 37.8 Å². The Hall–Kier alpha value is -2.04. The Labute approximate surface area is 107 Å². The van der Waals surface area contributed by atoms with E-state index < -0.39 is 0 Å². The molecule has 0 aliphatic heterocycles. The summed E-state index contributed by atoms with van der Waals surface area (Å²) in [5, 5.41) is 0. The summed E-state index contributed by atoms with van der Waals surface area (Å²) in [5.74, 6) is 1.45. The van der Waals surface area contributed by atoms with Gasteiger partial charge >= 0.3 is 0 Å². The van der Waals surface area contributed by atoms with Gasteiger partial charge in [-0.05, 0) is 0 Å². The molecule has 5 heteroatoms. The molecule has 1 heterocycles. The van der Waals surface area contributed by atoms with E-state index in [1.54, 1.807) is 0 Å². The van der Waals surface area contributed by atoms with Crippen molar-refractivity contribution < 1.29 is 18.9 Å². The fraction of sp³-hybridized carbons (Fsp3) is 0.385. The highest BCUT2D eigenvalue weighted by atomic mass is 16.5. The van der Waals surface area contributed by atoms with Crippen molar-refractivity contribution in [2.24, 2.45) is 7.05 Å². The third-order valence-electron chi connectivity index (χ3n) is 2.17. The average molecular weight is 253 g/mol. The molecule has 18 heavy (non-hydrogen) atoms. The summed E-state index contributed by atoms with van der Waals surface area (Å²) in [6, 6.07) is 3.69. The molecule has 0 spiro atoms. The number of hydrogen-bond acceptors (Lipinski definition) is 4. The van der Waals surface area contributed by atoms with E-state index in [9.17, 15) is 0 Å². The summed E-state index contributed by atoms with van der Waals surface area (Å²) in [6.45, 7) is 8.77. The predicted octanol–water partition coefficient (Wildman–Crippen LogP) is 2.10. The molecule has 0 N–H and O–H groups in total. The molecule has 0 fully saturated rings. The summed E-state index contributed by atoms with van der Waals surface area (Å²) >= 11 is 0. The second kappa shape index (κ2) is 8.11. The number of nitrogens with zero attached hydrogens (tertiary/aromatic N) is 1. The van der Waals surface area contributed by atoms with E-state index in [-0.39, 0.29) is 0 Å². The van der Waals surface area contributed by atoms with Crippen LogP contribution in [0, 0.1) is 0 Å². The number of rotatable bonds is 10.